The van der Waals surface area contributed by atoms with Crippen molar-refractivity contribution in [3.8, 4) is 0 Å². The maximum absolute atomic E-state index is 12.2. The second kappa shape index (κ2) is 6.36. The number of nitrogens with one attached hydrogen (secondary N) is 1. The number of carboxylic acid groups (broad SMARTS) is 1. The van der Waals surface area contributed by atoms with E-state index in [0.717, 1.165) is 8.45 Å². The zero-order valence-electron chi connectivity index (χ0n) is 10.6. The third kappa shape index (κ3) is 3.18. The summed E-state index contributed by atoms with van der Waals surface area (Å²) in [4.78, 5) is 24.2. The van der Waals surface area contributed by atoms with E-state index in [1.165, 1.54) is 11.3 Å². The Kier molecular flexibility index (Phi) is 4.77. The number of amides is 1. The molecule has 2 rings (SSSR count). The van der Waals surface area contributed by atoms with E-state index in [0.29, 0.717) is 17.0 Å². The Labute approximate surface area is 134 Å². The molecule has 0 fully saturated rings. The lowest BCUT2D eigenvalue weighted by Crippen LogP contribution is -2.23. The first-order valence-corrected chi connectivity index (χ1v) is 7.82. The molecule has 1 amide bonds. The zero-order chi connectivity index (χ0) is 14.7. The van der Waals surface area contributed by atoms with Crippen molar-refractivity contribution in [1.82, 2.24) is 0 Å². The van der Waals surface area contributed by atoms with Gasteiger partial charge in [-0.2, -0.15) is 0 Å². The van der Waals surface area contributed by atoms with E-state index in [2.05, 4.69) is 27.9 Å². The van der Waals surface area contributed by atoms with Gasteiger partial charge in [-0.3, -0.25) is 4.79 Å². The molecule has 0 radical (unpaired) electrons. The van der Waals surface area contributed by atoms with Gasteiger partial charge in [0.05, 0.1) is 11.5 Å². The summed E-state index contributed by atoms with van der Waals surface area (Å²) in [6.45, 7) is 1.93. The number of hydrogen-bond acceptors (Lipinski definition) is 4. The fourth-order valence-electron chi connectivity index (χ4n) is 1.68. The summed E-state index contributed by atoms with van der Waals surface area (Å²) in [6, 6.07) is 8.67. The first-order chi connectivity index (χ1) is 9.52. The summed E-state index contributed by atoms with van der Waals surface area (Å²) in [5, 5.41) is 14.1. The molecule has 0 aliphatic heterocycles. The summed E-state index contributed by atoms with van der Waals surface area (Å²) in [5.41, 5.74) is 0.551. The van der Waals surface area contributed by atoms with Crippen molar-refractivity contribution in [3.63, 3.8) is 0 Å². The highest BCUT2D eigenvalue weighted by Gasteiger charge is 2.15. The molecule has 6 heteroatoms. The molecule has 1 aromatic heterocycles. The lowest BCUT2D eigenvalue weighted by Gasteiger charge is -2.08. The Bertz CT molecular complexity index is 666. The van der Waals surface area contributed by atoms with Gasteiger partial charge in [0.2, 0.25) is 0 Å². The number of aryl methyl sites for hydroxylation is 1. The highest BCUT2D eigenvalue weighted by Crippen LogP contribution is 2.29. The molecule has 0 spiro atoms. The first-order valence-electron chi connectivity index (χ1n) is 5.92. The molecular weight excluding hydrogens is 389 g/mol. The molecule has 4 nitrogen and oxygen atoms in total. The normalized spacial score (nSPS) is 10.3. The van der Waals surface area contributed by atoms with Crippen LogP contribution in [0.2, 0.25) is 0 Å². The summed E-state index contributed by atoms with van der Waals surface area (Å²) in [6.07, 6.45) is 0.712. The van der Waals surface area contributed by atoms with Crippen LogP contribution in [-0.2, 0) is 6.42 Å². The highest BCUT2D eigenvalue weighted by molar-refractivity contribution is 14.1. The zero-order valence-corrected chi connectivity index (χ0v) is 13.6. The molecule has 0 saturated carbocycles. The van der Waals surface area contributed by atoms with E-state index < -0.39 is 5.97 Å². The predicted molar refractivity (Wildman–Crippen MR) is 85.1 cm³/mol. The molecule has 0 bridgehead atoms. The predicted octanol–water partition coefficient (Wildman–Crippen LogP) is 2.53. The Morgan fingerprint density at radius 2 is 2.00 bits per heavy atom. The van der Waals surface area contributed by atoms with Crippen LogP contribution in [0.5, 0.6) is 0 Å². The fourth-order valence-corrected chi connectivity index (χ4v) is 3.29. The minimum atomic E-state index is -1.28. The second-order valence-corrected chi connectivity index (χ2v) is 6.33. The summed E-state index contributed by atoms with van der Waals surface area (Å²) < 4.78 is 0.810. The molecule has 1 N–H and O–H groups in total. The molecule has 1 heterocycles. The number of thiophene rings is 1. The van der Waals surface area contributed by atoms with E-state index in [-0.39, 0.29) is 11.5 Å². The van der Waals surface area contributed by atoms with Gasteiger partial charge in [-0.05, 0) is 47.2 Å². The lowest BCUT2D eigenvalue weighted by atomic mass is 10.2. The lowest BCUT2D eigenvalue weighted by molar-refractivity contribution is -0.254. The second-order valence-electron chi connectivity index (χ2n) is 4.03. The van der Waals surface area contributed by atoms with Gasteiger partial charge in [-0.1, -0.05) is 19.1 Å². The van der Waals surface area contributed by atoms with Gasteiger partial charge < -0.3 is 15.2 Å². The minimum absolute atomic E-state index is 0.0335. The van der Waals surface area contributed by atoms with Crippen LogP contribution in [0.25, 0.3) is 0 Å². The Hall–Kier alpha value is -1.41. The van der Waals surface area contributed by atoms with Crippen LogP contribution >= 0.6 is 33.9 Å². The Balaban J connectivity index is 2.30. The van der Waals surface area contributed by atoms with Crippen LogP contribution in [0, 0.1) is 3.57 Å². The van der Waals surface area contributed by atoms with Crippen LogP contribution in [0.3, 0.4) is 0 Å². The molecular formula is C14H11INO3S-. The number of hydrogen-bond donors (Lipinski definition) is 1. The van der Waals surface area contributed by atoms with Crippen LogP contribution in [-0.4, -0.2) is 11.9 Å². The number of rotatable bonds is 4. The monoisotopic (exact) mass is 400 g/mol. The van der Waals surface area contributed by atoms with Crippen molar-refractivity contribution in [1.29, 1.82) is 0 Å². The van der Waals surface area contributed by atoms with E-state index in [4.69, 9.17) is 0 Å². The number of anilines is 1. The van der Waals surface area contributed by atoms with Crippen molar-refractivity contribution in [2.45, 2.75) is 13.3 Å². The quantitative estimate of drug-likeness (QED) is 0.803. The third-order valence-electron chi connectivity index (χ3n) is 2.70. The molecule has 0 atom stereocenters. The van der Waals surface area contributed by atoms with Crippen LogP contribution in [0.4, 0.5) is 5.00 Å². The summed E-state index contributed by atoms with van der Waals surface area (Å²) in [7, 11) is 0. The highest BCUT2D eigenvalue weighted by atomic mass is 127. The maximum Gasteiger partial charge on any atom is 0.257 e. The number of carboxylic acids is 1. The maximum atomic E-state index is 12.2. The number of carbonyl (C=O) groups is 2. The van der Waals surface area contributed by atoms with Gasteiger partial charge in [0.25, 0.3) is 5.91 Å². The molecule has 1 aromatic carbocycles. The minimum Gasteiger partial charge on any atom is -0.545 e. The number of carbonyl (C=O) groups excluding carboxylic acids is 2. The van der Waals surface area contributed by atoms with Crippen molar-refractivity contribution in [2.24, 2.45) is 0 Å². The number of halogens is 1. The third-order valence-corrected chi connectivity index (χ3v) is 4.83. The van der Waals surface area contributed by atoms with E-state index in [9.17, 15) is 14.7 Å². The van der Waals surface area contributed by atoms with E-state index in [1.807, 2.05) is 19.1 Å². The Morgan fingerprint density at radius 1 is 1.30 bits per heavy atom. The van der Waals surface area contributed by atoms with Crippen LogP contribution < -0.4 is 10.4 Å². The smallest absolute Gasteiger partial charge is 0.257 e. The number of aromatic carboxylic acids is 1. The molecule has 104 valence electrons. The van der Waals surface area contributed by atoms with Crippen molar-refractivity contribution in [3.05, 3.63) is 49.9 Å². The summed E-state index contributed by atoms with van der Waals surface area (Å²) >= 11 is 3.33. The molecule has 0 saturated heterocycles. The summed E-state index contributed by atoms with van der Waals surface area (Å²) in [5.74, 6) is -1.60. The molecule has 0 aliphatic carbocycles. The Morgan fingerprint density at radius 3 is 2.60 bits per heavy atom. The average molecular weight is 400 g/mol. The van der Waals surface area contributed by atoms with Gasteiger partial charge >= 0.3 is 0 Å². The standard InChI is InChI=1S/C14H12INO3S/c1-2-8-7-10(14(18)19)13(20-8)16-12(17)9-5-3-4-6-11(9)15/h3-7H,2H2,1H3,(H,16,17)(H,18,19)/p-1. The van der Waals surface area contributed by atoms with Gasteiger partial charge in [0.15, 0.2) is 0 Å². The van der Waals surface area contributed by atoms with Gasteiger partial charge in [0.1, 0.15) is 5.00 Å². The van der Waals surface area contributed by atoms with Crippen molar-refractivity contribution in [2.75, 3.05) is 5.32 Å². The molecule has 20 heavy (non-hydrogen) atoms. The van der Waals surface area contributed by atoms with Crippen molar-refractivity contribution < 1.29 is 14.7 Å². The van der Waals surface area contributed by atoms with Gasteiger partial charge in [-0.15, -0.1) is 11.3 Å². The van der Waals surface area contributed by atoms with Crippen LogP contribution in [0.15, 0.2) is 30.3 Å². The van der Waals surface area contributed by atoms with Gasteiger partial charge in [0, 0.05) is 14.0 Å². The fraction of sp³-hybridized carbons (Fsp3) is 0.143. The molecule has 2 aromatic rings. The first kappa shape index (κ1) is 15.0. The molecule has 0 unspecified atom stereocenters. The van der Waals surface area contributed by atoms with E-state index in [1.54, 1.807) is 18.2 Å². The SMILES string of the molecule is CCc1cc(C(=O)[O-])c(NC(=O)c2ccccc2I)s1. The largest absolute Gasteiger partial charge is 0.545 e. The number of benzene rings is 1. The topological polar surface area (TPSA) is 69.2 Å². The van der Waals surface area contributed by atoms with E-state index >= 15 is 0 Å². The van der Waals surface area contributed by atoms with Crippen molar-refractivity contribution >= 4 is 50.8 Å². The molecule has 0 aliphatic rings. The average Bonchev–Trinajstić information content (AvgIpc) is 2.82. The van der Waals surface area contributed by atoms with Gasteiger partial charge in [-0.25, -0.2) is 0 Å². The van der Waals surface area contributed by atoms with Crippen LogP contribution in [0.1, 0.15) is 32.5 Å².